The van der Waals surface area contributed by atoms with Crippen LogP contribution in [0.3, 0.4) is 0 Å². The molecule has 0 saturated carbocycles. The molecule has 0 spiro atoms. The average molecular weight is 308 g/mol. The molecule has 23 heavy (non-hydrogen) atoms. The van der Waals surface area contributed by atoms with Gasteiger partial charge in [-0.1, -0.05) is 12.1 Å². The lowest BCUT2D eigenvalue weighted by molar-refractivity contribution is 0.415. The average Bonchev–Trinajstić information content (AvgIpc) is 2.59. The molecule has 7 nitrogen and oxygen atoms in total. The summed E-state index contributed by atoms with van der Waals surface area (Å²) in [4.78, 5) is 12.5. The number of nitrogens with one attached hydrogen (secondary N) is 2. The molecule has 0 radical (unpaired) electrons. The summed E-state index contributed by atoms with van der Waals surface area (Å²) in [5, 5.41) is 6.23. The number of anilines is 5. The predicted octanol–water partition coefficient (Wildman–Crippen LogP) is 2.95. The van der Waals surface area contributed by atoms with Gasteiger partial charge in [0.1, 0.15) is 23.6 Å². The first-order valence-corrected chi connectivity index (χ1v) is 6.96. The molecule has 3 aromatic rings. The monoisotopic (exact) mass is 308 g/mol. The third-order valence-electron chi connectivity index (χ3n) is 3.13. The van der Waals surface area contributed by atoms with E-state index in [1.165, 1.54) is 6.33 Å². The van der Waals surface area contributed by atoms with Crippen molar-refractivity contribution in [1.29, 1.82) is 0 Å². The minimum absolute atomic E-state index is 0.404. The molecule has 0 aliphatic heterocycles. The Kier molecular flexibility index (Phi) is 4.19. The highest BCUT2D eigenvalue weighted by Crippen LogP contribution is 2.28. The first-order chi connectivity index (χ1) is 11.3. The number of rotatable bonds is 5. The van der Waals surface area contributed by atoms with Crippen molar-refractivity contribution in [2.75, 3.05) is 23.5 Å². The third kappa shape index (κ3) is 3.46. The molecule has 3 rings (SSSR count). The topological polar surface area (TPSA) is 98.0 Å². The summed E-state index contributed by atoms with van der Waals surface area (Å²) in [6.45, 7) is 0. The smallest absolute Gasteiger partial charge is 0.160 e. The maximum Gasteiger partial charge on any atom is 0.160 e. The fraction of sp³-hybridized carbons (Fsp3) is 0.0625. The van der Waals surface area contributed by atoms with Crippen molar-refractivity contribution >= 4 is 28.8 Å². The lowest BCUT2D eigenvalue weighted by Gasteiger charge is -2.12. The van der Waals surface area contributed by atoms with Crippen LogP contribution >= 0.6 is 0 Å². The van der Waals surface area contributed by atoms with Crippen molar-refractivity contribution in [2.24, 2.45) is 0 Å². The van der Waals surface area contributed by atoms with Crippen LogP contribution in [0.15, 0.2) is 55.0 Å². The second kappa shape index (κ2) is 6.61. The third-order valence-corrected chi connectivity index (χ3v) is 3.13. The van der Waals surface area contributed by atoms with Crippen LogP contribution in [0.5, 0.6) is 5.75 Å². The summed E-state index contributed by atoms with van der Waals surface area (Å²) < 4.78 is 5.20. The van der Waals surface area contributed by atoms with Crippen molar-refractivity contribution in [2.45, 2.75) is 0 Å². The van der Waals surface area contributed by atoms with Gasteiger partial charge in [0, 0.05) is 18.0 Å². The van der Waals surface area contributed by atoms with Gasteiger partial charge in [-0.25, -0.2) is 15.0 Å². The van der Waals surface area contributed by atoms with Crippen LogP contribution in [-0.4, -0.2) is 22.1 Å². The van der Waals surface area contributed by atoms with Gasteiger partial charge in [-0.3, -0.25) is 0 Å². The number of methoxy groups -OCH3 is 1. The van der Waals surface area contributed by atoms with Crippen molar-refractivity contribution in [3.63, 3.8) is 0 Å². The molecule has 0 saturated heterocycles. The van der Waals surface area contributed by atoms with Gasteiger partial charge in [-0.2, -0.15) is 0 Å². The number of pyridine rings is 1. The molecule has 0 fully saturated rings. The Labute approximate surface area is 133 Å². The van der Waals surface area contributed by atoms with Gasteiger partial charge >= 0.3 is 0 Å². The molecule has 2 aromatic heterocycles. The standard InChI is InChI=1S/C16H16N6O/c1-23-12-6-4-5-11(9-12)21-15-14(17)16(20-10-19-15)22-13-7-2-3-8-18-13/h2-10H,17H2,1H3,(H2,18,19,20,21,22). The zero-order valence-corrected chi connectivity index (χ0v) is 12.5. The van der Waals surface area contributed by atoms with E-state index in [0.717, 1.165) is 11.4 Å². The Morgan fingerprint density at radius 3 is 2.52 bits per heavy atom. The summed E-state index contributed by atoms with van der Waals surface area (Å²) in [7, 11) is 1.62. The fourth-order valence-electron chi connectivity index (χ4n) is 1.99. The Bertz CT molecular complexity index is 794. The lowest BCUT2D eigenvalue weighted by Crippen LogP contribution is -2.05. The summed E-state index contributed by atoms with van der Waals surface area (Å²) in [5.74, 6) is 2.40. The molecule has 116 valence electrons. The number of hydrogen-bond acceptors (Lipinski definition) is 7. The highest BCUT2D eigenvalue weighted by Gasteiger charge is 2.09. The lowest BCUT2D eigenvalue weighted by atomic mass is 10.3. The molecular formula is C16H16N6O. The first kappa shape index (κ1) is 14.6. The SMILES string of the molecule is COc1cccc(Nc2ncnc(Nc3ccccn3)c2N)c1. The Morgan fingerprint density at radius 1 is 0.957 bits per heavy atom. The first-order valence-electron chi connectivity index (χ1n) is 6.96. The normalized spacial score (nSPS) is 10.1. The van der Waals surface area contributed by atoms with Crippen LogP contribution in [-0.2, 0) is 0 Å². The highest BCUT2D eigenvalue weighted by molar-refractivity contribution is 5.79. The van der Waals surface area contributed by atoms with Crippen molar-refractivity contribution < 1.29 is 4.74 Å². The number of nitrogens with two attached hydrogens (primary N) is 1. The van der Waals surface area contributed by atoms with E-state index in [1.54, 1.807) is 13.3 Å². The molecule has 0 aliphatic carbocycles. The van der Waals surface area contributed by atoms with Crippen LogP contribution in [0.4, 0.5) is 28.8 Å². The summed E-state index contributed by atoms with van der Waals surface area (Å²) in [5.41, 5.74) is 7.36. The van der Waals surface area contributed by atoms with E-state index in [9.17, 15) is 0 Å². The van der Waals surface area contributed by atoms with Gasteiger partial charge in [0.2, 0.25) is 0 Å². The summed E-state index contributed by atoms with van der Waals surface area (Å²) >= 11 is 0. The van der Waals surface area contributed by atoms with E-state index in [-0.39, 0.29) is 0 Å². The van der Waals surface area contributed by atoms with Crippen molar-refractivity contribution in [3.8, 4) is 5.75 Å². The van der Waals surface area contributed by atoms with Crippen molar-refractivity contribution in [3.05, 3.63) is 55.0 Å². The Balaban J connectivity index is 1.84. The van der Waals surface area contributed by atoms with Crippen LogP contribution in [0.2, 0.25) is 0 Å². The molecule has 2 heterocycles. The van der Waals surface area contributed by atoms with Crippen LogP contribution in [0.1, 0.15) is 0 Å². The zero-order chi connectivity index (χ0) is 16.1. The van der Waals surface area contributed by atoms with Gasteiger partial charge in [-0.05, 0) is 24.3 Å². The van der Waals surface area contributed by atoms with Gasteiger partial charge in [0.25, 0.3) is 0 Å². The second-order valence-corrected chi connectivity index (χ2v) is 4.68. The van der Waals surface area contributed by atoms with E-state index >= 15 is 0 Å². The van der Waals surface area contributed by atoms with E-state index in [1.807, 2.05) is 42.5 Å². The highest BCUT2D eigenvalue weighted by atomic mass is 16.5. The number of aromatic nitrogens is 3. The molecule has 0 amide bonds. The second-order valence-electron chi connectivity index (χ2n) is 4.68. The molecule has 0 bridgehead atoms. The zero-order valence-electron chi connectivity index (χ0n) is 12.5. The Morgan fingerprint density at radius 2 is 1.78 bits per heavy atom. The number of nitrogen functional groups attached to an aromatic ring is 1. The summed E-state index contributed by atoms with van der Waals surface area (Å²) in [6, 6.07) is 13.0. The molecule has 0 atom stereocenters. The molecule has 1 aromatic carbocycles. The summed E-state index contributed by atoms with van der Waals surface area (Å²) in [6.07, 6.45) is 3.12. The number of hydrogen-bond donors (Lipinski definition) is 3. The van der Waals surface area contributed by atoms with Gasteiger partial charge in [0.15, 0.2) is 11.6 Å². The van der Waals surface area contributed by atoms with Crippen LogP contribution in [0, 0.1) is 0 Å². The van der Waals surface area contributed by atoms with Crippen LogP contribution < -0.4 is 21.1 Å². The maximum absolute atomic E-state index is 6.14. The van der Waals surface area contributed by atoms with Gasteiger partial charge < -0.3 is 21.1 Å². The largest absolute Gasteiger partial charge is 0.497 e. The van der Waals surface area contributed by atoms with Gasteiger partial charge in [-0.15, -0.1) is 0 Å². The molecule has 7 heteroatoms. The Hall–Kier alpha value is -3.35. The van der Waals surface area contributed by atoms with E-state index in [2.05, 4.69) is 25.6 Å². The quantitative estimate of drug-likeness (QED) is 0.666. The number of nitrogens with zero attached hydrogens (tertiary/aromatic N) is 3. The van der Waals surface area contributed by atoms with Gasteiger partial charge in [0.05, 0.1) is 7.11 Å². The molecule has 4 N–H and O–H groups in total. The molecule has 0 aliphatic rings. The minimum Gasteiger partial charge on any atom is -0.497 e. The number of ether oxygens (including phenoxy) is 1. The van der Waals surface area contributed by atoms with E-state index < -0.39 is 0 Å². The van der Waals surface area contributed by atoms with E-state index in [0.29, 0.717) is 23.1 Å². The maximum atomic E-state index is 6.14. The minimum atomic E-state index is 0.404. The van der Waals surface area contributed by atoms with E-state index in [4.69, 9.17) is 10.5 Å². The van der Waals surface area contributed by atoms with Crippen LogP contribution in [0.25, 0.3) is 0 Å². The molecular weight excluding hydrogens is 292 g/mol. The molecule has 0 unspecified atom stereocenters. The number of benzene rings is 1. The fourth-order valence-corrected chi connectivity index (χ4v) is 1.99. The predicted molar refractivity (Wildman–Crippen MR) is 90.2 cm³/mol. The van der Waals surface area contributed by atoms with Crippen molar-refractivity contribution in [1.82, 2.24) is 15.0 Å².